The van der Waals surface area contributed by atoms with Gasteiger partial charge in [0.15, 0.2) is 0 Å². The van der Waals surface area contributed by atoms with E-state index in [-0.39, 0.29) is 18.1 Å². The summed E-state index contributed by atoms with van der Waals surface area (Å²) in [5, 5.41) is 5.38. The summed E-state index contributed by atoms with van der Waals surface area (Å²) in [6.07, 6.45) is 1.00. The van der Waals surface area contributed by atoms with E-state index in [0.717, 1.165) is 5.56 Å². The molecule has 0 atom stereocenters. The number of carbonyl (C=O) groups excluding carboxylic acids is 2. The zero-order valence-electron chi connectivity index (χ0n) is 14.5. The Morgan fingerprint density at radius 3 is 2.48 bits per heavy atom. The van der Waals surface area contributed by atoms with Crippen LogP contribution in [0.3, 0.4) is 0 Å². The van der Waals surface area contributed by atoms with Crippen LogP contribution in [-0.4, -0.2) is 22.6 Å². The van der Waals surface area contributed by atoms with Crippen molar-refractivity contribution in [2.24, 2.45) is 0 Å². The third-order valence-electron chi connectivity index (χ3n) is 3.06. The molecule has 2 amide bonds. The summed E-state index contributed by atoms with van der Waals surface area (Å²) in [6, 6.07) is 10.2. The molecule has 0 radical (unpaired) electrons. The second-order valence-corrected chi connectivity index (χ2v) is 6.48. The number of nitrogens with one attached hydrogen (secondary N) is 2. The molecule has 1 heterocycles. The van der Waals surface area contributed by atoms with E-state index in [1.165, 1.54) is 6.20 Å². The number of nitrogen functional groups attached to an aromatic ring is 1. The van der Waals surface area contributed by atoms with Gasteiger partial charge < -0.3 is 21.1 Å². The quantitative estimate of drug-likeness (QED) is 0.741. The van der Waals surface area contributed by atoms with Crippen LogP contribution < -0.4 is 16.4 Å². The molecule has 0 aliphatic carbocycles. The number of alkyl carbamates (subject to hydrolysis) is 1. The number of nitrogens with two attached hydrogens (primary N) is 1. The predicted molar refractivity (Wildman–Crippen MR) is 96.1 cm³/mol. The molecule has 7 heteroatoms. The van der Waals surface area contributed by atoms with Gasteiger partial charge in [0, 0.05) is 24.1 Å². The molecule has 0 saturated heterocycles. The van der Waals surface area contributed by atoms with Crippen LogP contribution in [0.5, 0.6) is 0 Å². The third-order valence-corrected chi connectivity index (χ3v) is 3.06. The molecular formula is C18H22N4O3. The number of pyridine rings is 1. The first-order valence-corrected chi connectivity index (χ1v) is 7.81. The van der Waals surface area contributed by atoms with E-state index in [0.29, 0.717) is 11.4 Å². The standard InChI is InChI=1S/C18H22N4O3/c1-18(2,3)25-17(24)21-11-12-8-9-20-15(10-12)16(23)22-14-6-4-13(19)5-7-14/h4-10H,11,19H2,1-3H3,(H,21,24)(H,22,23). The van der Waals surface area contributed by atoms with Gasteiger partial charge in [0.2, 0.25) is 0 Å². The molecule has 4 N–H and O–H groups in total. The molecule has 7 nitrogen and oxygen atoms in total. The monoisotopic (exact) mass is 342 g/mol. The predicted octanol–water partition coefficient (Wildman–Crippen LogP) is 2.94. The maximum atomic E-state index is 12.3. The molecule has 2 aromatic rings. The number of nitrogens with zero attached hydrogens (tertiary/aromatic N) is 1. The van der Waals surface area contributed by atoms with Gasteiger partial charge in [0.25, 0.3) is 5.91 Å². The fourth-order valence-corrected chi connectivity index (χ4v) is 1.96. The molecule has 1 aromatic carbocycles. The molecule has 2 rings (SSSR count). The van der Waals surface area contributed by atoms with Gasteiger partial charge in [-0.05, 0) is 62.7 Å². The van der Waals surface area contributed by atoms with Crippen LogP contribution in [0.1, 0.15) is 36.8 Å². The highest BCUT2D eigenvalue weighted by Gasteiger charge is 2.16. The Balaban J connectivity index is 1.97. The van der Waals surface area contributed by atoms with Gasteiger partial charge in [-0.2, -0.15) is 0 Å². The summed E-state index contributed by atoms with van der Waals surface area (Å²) in [4.78, 5) is 28.0. The lowest BCUT2D eigenvalue weighted by atomic mass is 10.2. The minimum absolute atomic E-state index is 0.236. The van der Waals surface area contributed by atoms with Crippen LogP contribution in [0, 0.1) is 0 Å². The minimum Gasteiger partial charge on any atom is -0.444 e. The molecule has 25 heavy (non-hydrogen) atoms. The lowest BCUT2D eigenvalue weighted by Crippen LogP contribution is -2.32. The van der Waals surface area contributed by atoms with Crippen LogP contribution in [0.2, 0.25) is 0 Å². The van der Waals surface area contributed by atoms with Gasteiger partial charge >= 0.3 is 6.09 Å². The Hall–Kier alpha value is -3.09. The van der Waals surface area contributed by atoms with E-state index in [4.69, 9.17) is 10.5 Å². The molecule has 132 valence electrons. The van der Waals surface area contributed by atoms with Crippen molar-refractivity contribution in [2.45, 2.75) is 32.9 Å². The number of carbonyl (C=O) groups is 2. The number of benzene rings is 1. The van der Waals surface area contributed by atoms with E-state index in [1.54, 1.807) is 57.2 Å². The second kappa shape index (κ2) is 7.65. The number of amides is 2. The summed E-state index contributed by atoms with van der Waals surface area (Å²) in [5.41, 5.74) is 7.28. The maximum Gasteiger partial charge on any atom is 0.407 e. The van der Waals surface area contributed by atoms with Gasteiger partial charge in [-0.25, -0.2) is 4.79 Å². The lowest BCUT2D eigenvalue weighted by Gasteiger charge is -2.19. The highest BCUT2D eigenvalue weighted by Crippen LogP contribution is 2.12. The Bertz CT molecular complexity index is 752. The minimum atomic E-state index is -0.563. The largest absolute Gasteiger partial charge is 0.444 e. The molecular weight excluding hydrogens is 320 g/mol. The summed E-state index contributed by atoms with van der Waals surface area (Å²) in [5.74, 6) is -0.344. The summed E-state index contributed by atoms with van der Waals surface area (Å²) in [7, 11) is 0. The van der Waals surface area contributed by atoms with Crippen molar-refractivity contribution in [1.82, 2.24) is 10.3 Å². The Morgan fingerprint density at radius 1 is 1.16 bits per heavy atom. The number of aromatic nitrogens is 1. The number of hydrogen-bond donors (Lipinski definition) is 3. The Labute approximate surface area is 146 Å². The van der Waals surface area contributed by atoms with Crippen molar-refractivity contribution in [1.29, 1.82) is 0 Å². The van der Waals surface area contributed by atoms with Gasteiger partial charge in [0.05, 0.1) is 0 Å². The van der Waals surface area contributed by atoms with E-state index in [9.17, 15) is 9.59 Å². The van der Waals surface area contributed by atoms with Gasteiger partial charge in [-0.1, -0.05) is 0 Å². The lowest BCUT2D eigenvalue weighted by molar-refractivity contribution is 0.0523. The number of ether oxygens (including phenoxy) is 1. The molecule has 0 saturated carbocycles. The van der Waals surface area contributed by atoms with Crippen LogP contribution in [0.15, 0.2) is 42.6 Å². The van der Waals surface area contributed by atoms with E-state index in [2.05, 4.69) is 15.6 Å². The summed E-state index contributed by atoms with van der Waals surface area (Å²) >= 11 is 0. The molecule has 1 aromatic heterocycles. The topological polar surface area (TPSA) is 106 Å². The van der Waals surface area contributed by atoms with Crippen LogP contribution in [-0.2, 0) is 11.3 Å². The zero-order valence-corrected chi connectivity index (χ0v) is 14.5. The fraction of sp³-hybridized carbons (Fsp3) is 0.278. The number of anilines is 2. The first-order valence-electron chi connectivity index (χ1n) is 7.81. The molecule has 0 aliphatic rings. The van der Waals surface area contributed by atoms with E-state index >= 15 is 0 Å². The number of hydrogen-bond acceptors (Lipinski definition) is 5. The van der Waals surface area contributed by atoms with Crippen molar-refractivity contribution < 1.29 is 14.3 Å². The van der Waals surface area contributed by atoms with Crippen LogP contribution in [0.25, 0.3) is 0 Å². The first kappa shape index (κ1) is 18.3. The van der Waals surface area contributed by atoms with Crippen molar-refractivity contribution >= 4 is 23.4 Å². The van der Waals surface area contributed by atoms with Crippen molar-refractivity contribution in [3.63, 3.8) is 0 Å². The summed E-state index contributed by atoms with van der Waals surface area (Å²) < 4.78 is 5.17. The third kappa shape index (κ3) is 6.14. The van der Waals surface area contributed by atoms with Gasteiger partial charge in [-0.3, -0.25) is 9.78 Å². The average Bonchev–Trinajstić information content (AvgIpc) is 2.54. The van der Waals surface area contributed by atoms with Gasteiger partial charge in [0.1, 0.15) is 11.3 Å². The SMILES string of the molecule is CC(C)(C)OC(=O)NCc1ccnc(C(=O)Nc2ccc(N)cc2)c1. The van der Waals surface area contributed by atoms with E-state index < -0.39 is 11.7 Å². The van der Waals surface area contributed by atoms with Gasteiger partial charge in [-0.15, -0.1) is 0 Å². The fourth-order valence-electron chi connectivity index (χ4n) is 1.96. The molecule has 0 unspecified atom stereocenters. The highest BCUT2D eigenvalue weighted by molar-refractivity contribution is 6.03. The zero-order chi connectivity index (χ0) is 18.4. The first-order chi connectivity index (χ1) is 11.7. The average molecular weight is 342 g/mol. The van der Waals surface area contributed by atoms with E-state index in [1.807, 2.05) is 0 Å². The van der Waals surface area contributed by atoms with Crippen LogP contribution >= 0.6 is 0 Å². The van der Waals surface area contributed by atoms with Crippen LogP contribution in [0.4, 0.5) is 16.2 Å². The smallest absolute Gasteiger partial charge is 0.407 e. The van der Waals surface area contributed by atoms with Crippen molar-refractivity contribution in [3.05, 3.63) is 53.9 Å². The molecule has 0 bridgehead atoms. The van der Waals surface area contributed by atoms with Crippen molar-refractivity contribution in [3.8, 4) is 0 Å². The molecule has 0 spiro atoms. The molecule has 0 aliphatic heterocycles. The summed E-state index contributed by atoms with van der Waals surface area (Å²) in [6.45, 7) is 5.61. The Kier molecular flexibility index (Phi) is 5.59. The highest BCUT2D eigenvalue weighted by atomic mass is 16.6. The Morgan fingerprint density at radius 2 is 1.84 bits per heavy atom. The molecule has 0 fully saturated rings. The number of rotatable bonds is 4. The van der Waals surface area contributed by atoms with Crippen molar-refractivity contribution in [2.75, 3.05) is 11.1 Å². The normalized spacial score (nSPS) is 10.8. The maximum absolute atomic E-state index is 12.3. The second-order valence-electron chi connectivity index (χ2n) is 6.48.